The first kappa shape index (κ1) is 17.5. The van der Waals surface area contributed by atoms with Crippen LogP contribution >= 0.6 is 12.2 Å². The number of carbonyl (C=O) groups is 1. The van der Waals surface area contributed by atoms with Gasteiger partial charge in [-0.05, 0) is 31.1 Å². The molecule has 6 nitrogen and oxygen atoms in total. The third kappa shape index (κ3) is 2.93. The number of rotatable bonds is 4. The molecule has 0 spiro atoms. The number of carbonyl (C=O) groups excluding carboxylic acids is 1. The van der Waals surface area contributed by atoms with Crippen LogP contribution in [0.5, 0.6) is 17.2 Å². The Kier molecular flexibility index (Phi) is 4.85. The minimum Gasteiger partial charge on any atom is -0.496 e. The van der Waals surface area contributed by atoms with Gasteiger partial charge in [0.05, 0.1) is 27.4 Å². The summed E-state index contributed by atoms with van der Waals surface area (Å²) in [5.41, 5.74) is 2.55. The van der Waals surface area contributed by atoms with E-state index in [1.54, 1.807) is 27.4 Å². The van der Waals surface area contributed by atoms with E-state index in [0.717, 1.165) is 29.7 Å². The number of Topliss-reactive ketones (excluding diaryl/α,β-unsaturated/α-hetero) is 1. The lowest BCUT2D eigenvalue weighted by atomic mass is 9.84. The first-order valence-electron chi connectivity index (χ1n) is 8.12. The van der Waals surface area contributed by atoms with Crippen LogP contribution in [0.3, 0.4) is 0 Å². The van der Waals surface area contributed by atoms with Gasteiger partial charge in [-0.3, -0.25) is 4.79 Å². The second-order valence-corrected chi connectivity index (χ2v) is 6.41. The average Bonchev–Trinajstić information content (AvgIpc) is 2.63. The van der Waals surface area contributed by atoms with Gasteiger partial charge in [-0.25, -0.2) is 0 Å². The monoisotopic (exact) mass is 362 g/mol. The molecule has 0 radical (unpaired) electrons. The summed E-state index contributed by atoms with van der Waals surface area (Å²) in [5.74, 6) is 1.91. The van der Waals surface area contributed by atoms with Gasteiger partial charge >= 0.3 is 0 Å². The number of hydrogen-bond donors (Lipinski definition) is 1. The predicted octanol–water partition coefficient (Wildman–Crippen LogP) is 2.58. The Morgan fingerprint density at radius 3 is 2.36 bits per heavy atom. The Morgan fingerprint density at radius 2 is 1.72 bits per heavy atom. The molecule has 1 N–H and O–H groups in total. The van der Waals surface area contributed by atoms with E-state index in [4.69, 9.17) is 26.4 Å². The highest BCUT2D eigenvalue weighted by atomic mass is 32.1. The van der Waals surface area contributed by atoms with Gasteiger partial charge < -0.3 is 24.4 Å². The van der Waals surface area contributed by atoms with Crippen LogP contribution in [0.1, 0.15) is 30.9 Å². The van der Waals surface area contributed by atoms with Crippen molar-refractivity contribution in [3.05, 3.63) is 29.0 Å². The van der Waals surface area contributed by atoms with Crippen LogP contribution in [-0.4, -0.2) is 44.2 Å². The number of nitrogens with one attached hydrogen (secondary N) is 1. The molecule has 0 bridgehead atoms. The van der Waals surface area contributed by atoms with Gasteiger partial charge in [0.1, 0.15) is 5.75 Å². The van der Waals surface area contributed by atoms with Gasteiger partial charge in [0, 0.05) is 36.4 Å². The first-order valence-corrected chi connectivity index (χ1v) is 8.53. The molecule has 3 rings (SSSR count). The van der Waals surface area contributed by atoms with Crippen molar-refractivity contribution in [3.8, 4) is 17.2 Å². The van der Waals surface area contributed by atoms with E-state index in [9.17, 15) is 4.79 Å². The minimum atomic E-state index is -0.360. The zero-order valence-corrected chi connectivity index (χ0v) is 15.7. The highest BCUT2D eigenvalue weighted by Crippen LogP contribution is 2.43. The van der Waals surface area contributed by atoms with Crippen LogP contribution in [0.15, 0.2) is 23.4 Å². The van der Waals surface area contributed by atoms with Crippen LogP contribution in [0.4, 0.5) is 0 Å². The molecule has 1 unspecified atom stereocenters. The van der Waals surface area contributed by atoms with Crippen molar-refractivity contribution in [2.24, 2.45) is 0 Å². The zero-order valence-electron chi connectivity index (χ0n) is 14.8. The van der Waals surface area contributed by atoms with E-state index >= 15 is 0 Å². The lowest BCUT2D eigenvalue weighted by molar-refractivity contribution is -0.116. The molecule has 134 valence electrons. The fraction of sp³-hybridized carbons (Fsp3) is 0.444. The Bertz CT molecular complexity index is 760. The van der Waals surface area contributed by atoms with Crippen molar-refractivity contribution in [1.82, 2.24) is 10.2 Å². The molecule has 25 heavy (non-hydrogen) atoms. The third-order valence-corrected chi connectivity index (χ3v) is 5.13. The largest absolute Gasteiger partial charge is 0.496 e. The summed E-state index contributed by atoms with van der Waals surface area (Å²) in [7, 11) is 6.64. The molecule has 1 aromatic carbocycles. The molecular weight excluding hydrogens is 340 g/mol. The van der Waals surface area contributed by atoms with E-state index in [2.05, 4.69) is 5.32 Å². The number of benzene rings is 1. The molecule has 1 heterocycles. The molecular formula is C18H22N2O4S. The summed E-state index contributed by atoms with van der Waals surface area (Å²) in [6.45, 7) is 0. The Balaban J connectivity index is 2.18. The molecule has 1 aromatic rings. The second-order valence-electron chi connectivity index (χ2n) is 6.03. The van der Waals surface area contributed by atoms with Crippen molar-refractivity contribution in [2.75, 3.05) is 28.4 Å². The van der Waals surface area contributed by atoms with Gasteiger partial charge in [-0.15, -0.1) is 0 Å². The molecule has 1 aliphatic heterocycles. The van der Waals surface area contributed by atoms with Crippen LogP contribution < -0.4 is 19.5 Å². The van der Waals surface area contributed by atoms with E-state index in [1.165, 1.54) is 0 Å². The molecule has 0 amide bonds. The summed E-state index contributed by atoms with van der Waals surface area (Å²) in [6, 6.07) is 3.25. The maximum Gasteiger partial charge on any atom is 0.173 e. The van der Waals surface area contributed by atoms with Crippen molar-refractivity contribution in [2.45, 2.75) is 25.3 Å². The van der Waals surface area contributed by atoms with Crippen molar-refractivity contribution >= 4 is 23.1 Å². The molecule has 0 saturated carbocycles. The topological polar surface area (TPSA) is 60.0 Å². The summed E-state index contributed by atoms with van der Waals surface area (Å²) in [4.78, 5) is 14.6. The average molecular weight is 362 g/mol. The normalized spacial score (nSPS) is 20.2. The van der Waals surface area contributed by atoms with Gasteiger partial charge in [-0.1, -0.05) is 0 Å². The number of methoxy groups -OCH3 is 3. The van der Waals surface area contributed by atoms with Crippen molar-refractivity contribution < 1.29 is 19.0 Å². The number of allylic oxidation sites excluding steroid dienone is 1. The molecule has 7 heteroatoms. The number of nitrogens with zero attached hydrogens (tertiary/aromatic N) is 1. The zero-order chi connectivity index (χ0) is 18.1. The van der Waals surface area contributed by atoms with Crippen molar-refractivity contribution in [3.63, 3.8) is 0 Å². The Hall–Kier alpha value is -2.28. The second kappa shape index (κ2) is 6.92. The fourth-order valence-corrected chi connectivity index (χ4v) is 3.68. The van der Waals surface area contributed by atoms with Gasteiger partial charge in [-0.2, -0.15) is 0 Å². The third-order valence-electron chi connectivity index (χ3n) is 4.74. The standard InChI is InChI=1S/C18H22N2O4S/c1-20-11-6-5-7-12(21)16(11)17(19-18(20)25)10-8-14(23-3)15(24-4)9-13(10)22-2/h8-9,17H,5-7H2,1-4H3,(H,19,25). The smallest absolute Gasteiger partial charge is 0.173 e. The van der Waals surface area contributed by atoms with Gasteiger partial charge in [0.15, 0.2) is 22.4 Å². The molecule has 2 aliphatic rings. The predicted molar refractivity (Wildman–Crippen MR) is 98.2 cm³/mol. The van der Waals surface area contributed by atoms with Crippen LogP contribution in [-0.2, 0) is 4.79 Å². The molecule has 0 fully saturated rings. The lowest BCUT2D eigenvalue weighted by Gasteiger charge is -2.39. The summed E-state index contributed by atoms with van der Waals surface area (Å²) in [5, 5.41) is 3.87. The van der Waals surface area contributed by atoms with Gasteiger partial charge in [0.2, 0.25) is 0 Å². The number of hydrogen-bond acceptors (Lipinski definition) is 5. The maximum atomic E-state index is 12.7. The Labute approximate surface area is 152 Å². The van der Waals surface area contributed by atoms with E-state index in [-0.39, 0.29) is 11.8 Å². The number of ether oxygens (including phenoxy) is 3. The molecule has 0 saturated heterocycles. The quantitative estimate of drug-likeness (QED) is 0.826. The number of thiocarbonyl (C=S) groups is 1. The molecule has 1 aliphatic carbocycles. The van der Waals surface area contributed by atoms with Gasteiger partial charge in [0.25, 0.3) is 0 Å². The summed E-state index contributed by atoms with van der Waals surface area (Å²) < 4.78 is 16.3. The number of ketones is 1. The fourth-order valence-electron chi connectivity index (χ4n) is 3.45. The van der Waals surface area contributed by atoms with E-state index < -0.39 is 0 Å². The van der Waals surface area contributed by atoms with Crippen LogP contribution in [0.2, 0.25) is 0 Å². The maximum absolute atomic E-state index is 12.7. The van der Waals surface area contributed by atoms with Crippen LogP contribution in [0, 0.1) is 0 Å². The van der Waals surface area contributed by atoms with Crippen LogP contribution in [0.25, 0.3) is 0 Å². The highest BCUT2D eigenvalue weighted by Gasteiger charge is 2.37. The van der Waals surface area contributed by atoms with Crippen molar-refractivity contribution in [1.29, 1.82) is 0 Å². The molecule has 1 atom stereocenters. The van der Waals surface area contributed by atoms with E-state index in [0.29, 0.717) is 28.8 Å². The lowest BCUT2D eigenvalue weighted by Crippen LogP contribution is -2.47. The SMILES string of the molecule is COc1cc(OC)c(C2NC(=S)N(C)C3=C2C(=O)CCC3)cc1OC. The first-order chi connectivity index (χ1) is 12.0. The highest BCUT2D eigenvalue weighted by molar-refractivity contribution is 7.80. The molecule has 0 aromatic heterocycles. The summed E-state index contributed by atoms with van der Waals surface area (Å²) >= 11 is 5.47. The summed E-state index contributed by atoms with van der Waals surface area (Å²) in [6.07, 6.45) is 2.24. The minimum absolute atomic E-state index is 0.143. The van der Waals surface area contributed by atoms with E-state index in [1.807, 2.05) is 18.0 Å². The Morgan fingerprint density at radius 1 is 1.08 bits per heavy atom.